The number of aliphatic imine (C=N–C) groups is 1. The second-order valence-corrected chi connectivity index (χ2v) is 9.31. The standard InChI is InChI=1S/C22H16ClF3N6O3S/c23-13-7-11(24)1-2-12(13)17-16(14-3-5-32(31-14)20(25)26)15(8-22(9-33)10-35-21(34)30-22)28-18(29-17)19-27-4-6-36-19/h1-7,9,17,20H,8,10H2,(H,28,29)(H,30,34)/t17-,22+/m0/s1. The molecule has 0 saturated carbocycles. The number of nitrogens with zero attached hydrogens (tertiary/aromatic N) is 4. The number of ether oxygens (including phenoxy) is 1. The van der Waals surface area contributed by atoms with Crippen LogP contribution in [0.5, 0.6) is 0 Å². The van der Waals surface area contributed by atoms with Crippen LogP contribution < -0.4 is 10.6 Å². The molecule has 3 aromatic rings. The van der Waals surface area contributed by atoms with Gasteiger partial charge in [0.2, 0.25) is 0 Å². The zero-order valence-electron chi connectivity index (χ0n) is 18.1. The van der Waals surface area contributed by atoms with Crippen LogP contribution in [0.2, 0.25) is 5.02 Å². The van der Waals surface area contributed by atoms with Gasteiger partial charge in [0.25, 0.3) is 0 Å². The first-order chi connectivity index (χ1) is 17.3. The van der Waals surface area contributed by atoms with E-state index in [0.29, 0.717) is 38.6 Å². The van der Waals surface area contributed by atoms with E-state index in [1.54, 1.807) is 11.6 Å². The summed E-state index contributed by atoms with van der Waals surface area (Å²) in [5, 5.41) is 11.9. The number of amides is 1. The number of alkyl halides is 2. The van der Waals surface area contributed by atoms with E-state index in [4.69, 9.17) is 21.3 Å². The van der Waals surface area contributed by atoms with Crippen molar-refractivity contribution in [2.75, 3.05) is 6.61 Å². The van der Waals surface area contributed by atoms with Crippen LogP contribution in [0.15, 0.2) is 52.7 Å². The molecule has 0 bridgehead atoms. The highest BCUT2D eigenvalue weighted by Gasteiger charge is 2.43. The van der Waals surface area contributed by atoms with E-state index in [1.807, 2.05) is 0 Å². The second kappa shape index (κ2) is 9.39. The van der Waals surface area contributed by atoms with Crippen LogP contribution in [0.3, 0.4) is 0 Å². The number of hydrogen-bond donors (Lipinski definition) is 2. The number of carbonyl (C=O) groups excluding carboxylic acids is 2. The third-order valence-corrected chi connectivity index (χ3v) is 6.74. The molecule has 0 radical (unpaired) electrons. The van der Waals surface area contributed by atoms with Crippen molar-refractivity contribution >= 4 is 46.7 Å². The van der Waals surface area contributed by atoms with Crippen molar-refractivity contribution in [1.29, 1.82) is 0 Å². The number of cyclic esters (lactones) is 1. The Hall–Kier alpha value is -3.71. The summed E-state index contributed by atoms with van der Waals surface area (Å²) in [5.74, 6) is -0.256. The number of hydrogen-bond acceptors (Lipinski definition) is 8. The van der Waals surface area contributed by atoms with Crippen LogP contribution in [-0.2, 0) is 9.53 Å². The lowest BCUT2D eigenvalue weighted by Crippen LogP contribution is -2.47. The second-order valence-electron chi connectivity index (χ2n) is 8.01. The summed E-state index contributed by atoms with van der Waals surface area (Å²) in [6.45, 7) is -3.14. The molecule has 0 spiro atoms. The van der Waals surface area contributed by atoms with Gasteiger partial charge in [-0.25, -0.2) is 18.9 Å². The molecule has 2 N–H and O–H groups in total. The molecule has 36 heavy (non-hydrogen) atoms. The van der Waals surface area contributed by atoms with Gasteiger partial charge in [-0.1, -0.05) is 17.7 Å². The number of aromatic nitrogens is 3. The molecule has 4 heterocycles. The first-order valence-electron chi connectivity index (χ1n) is 10.5. The summed E-state index contributed by atoms with van der Waals surface area (Å²) >= 11 is 7.68. The highest BCUT2D eigenvalue weighted by Crippen LogP contribution is 2.42. The lowest BCUT2D eigenvalue weighted by molar-refractivity contribution is -0.113. The SMILES string of the molecule is O=C[C@]1(CC2=C(c3ccn(C(F)F)n3)[C@H](c3ccc(F)cc3Cl)N=C(c3nccs3)N2)COC(=O)N1. The number of aldehydes is 1. The predicted octanol–water partition coefficient (Wildman–Crippen LogP) is 4.10. The number of thiazole rings is 1. The van der Waals surface area contributed by atoms with E-state index in [-0.39, 0.29) is 23.7 Å². The minimum atomic E-state index is -2.90. The van der Waals surface area contributed by atoms with Crippen molar-refractivity contribution in [3.05, 3.63) is 74.8 Å². The lowest BCUT2D eigenvalue weighted by Gasteiger charge is -2.31. The van der Waals surface area contributed by atoms with Crippen LogP contribution in [0.25, 0.3) is 5.57 Å². The Bertz CT molecular complexity index is 1390. The molecule has 1 amide bonds. The van der Waals surface area contributed by atoms with Crippen LogP contribution in [0.4, 0.5) is 18.0 Å². The first-order valence-corrected chi connectivity index (χ1v) is 11.7. The van der Waals surface area contributed by atoms with E-state index < -0.39 is 30.0 Å². The topological polar surface area (TPSA) is 110 Å². The predicted molar refractivity (Wildman–Crippen MR) is 124 cm³/mol. The monoisotopic (exact) mass is 536 g/mol. The highest BCUT2D eigenvalue weighted by molar-refractivity contribution is 7.11. The van der Waals surface area contributed by atoms with Gasteiger partial charge >= 0.3 is 12.6 Å². The highest BCUT2D eigenvalue weighted by atomic mass is 35.5. The third kappa shape index (κ3) is 4.46. The molecule has 2 aliphatic heterocycles. The Kier molecular flexibility index (Phi) is 6.26. The van der Waals surface area contributed by atoms with Gasteiger partial charge in [0.05, 0.1) is 5.69 Å². The fourth-order valence-corrected chi connectivity index (χ4v) is 4.87. The molecule has 0 unspecified atom stereocenters. The van der Waals surface area contributed by atoms with Gasteiger partial charge in [0.1, 0.15) is 30.3 Å². The van der Waals surface area contributed by atoms with E-state index in [1.165, 1.54) is 29.5 Å². The van der Waals surface area contributed by atoms with Gasteiger partial charge in [-0.3, -0.25) is 4.99 Å². The molecule has 2 aliphatic rings. The van der Waals surface area contributed by atoms with Crippen molar-refractivity contribution in [3.63, 3.8) is 0 Å². The van der Waals surface area contributed by atoms with Gasteiger partial charge in [0.15, 0.2) is 10.8 Å². The van der Waals surface area contributed by atoms with E-state index in [2.05, 4.69) is 20.7 Å². The Morgan fingerprint density at radius 1 is 1.36 bits per heavy atom. The molecular formula is C22H16ClF3N6O3S. The zero-order chi connectivity index (χ0) is 25.4. The quantitative estimate of drug-likeness (QED) is 0.440. The lowest BCUT2D eigenvalue weighted by atomic mass is 9.87. The normalized spacial score (nSPS) is 21.8. The summed E-state index contributed by atoms with van der Waals surface area (Å²) < 4.78 is 46.0. The Morgan fingerprint density at radius 3 is 2.81 bits per heavy atom. The number of amidine groups is 1. The average Bonchev–Trinajstić information content (AvgIpc) is 3.61. The molecular weight excluding hydrogens is 521 g/mol. The number of benzene rings is 1. The maximum absolute atomic E-state index is 13.9. The van der Waals surface area contributed by atoms with Crippen LogP contribution >= 0.6 is 22.9 Å². The van der Waals surface area contributed by atoms with Gasteiger partial charge in [-0.05, 0) is 18.2 Å². The van der Waals surface area contributed by atoms with E-state index >= 15 is 0 Å². The van der Waals surface area contributed by atoms with Gasteiger partial charge in [-0.15, -0.1) is 11.3 Å². The molecule has 2 atom stereocenters. The Labute approximate surface area is 210 Å². The smallest absolute Gasteiger partial charge is 0.408 e. The summed E-state index contributed by atoms with van der Waals surface area (Å²) in [7, 11) is 0. The molecule has 186 valence electrons. The van der Waals surface area contributed by atoms with Crippen molar-refractivity contribution in [1.82, 2.24) is 25.4 Å². The maximum atomic E-state index is 13.9. The molecule has 5 rings (SSSR count). The van der Waals surface area contributed by atoms with E-state index in [0.717, 1.165) is 12.3 Å². The Balaban J connectivity index is 1.71. The maximum Gasteiger partial charge on any atom is 0.408 e. The minimum absolute atomic E-state index is 0.0527. The van der Waals surface area contributed by atoms with Gasteiger partial charge < -0.3 is 20.2 Å². The molecule has 1 saturated heterocycles. The molecule has 1 aromatic carbocycles. The van der Waals surface area contributed by atoms with Crippen molar-refractivity contribution in [2.24, 2.45) is 4.99 Å². The number of halogens is 4. The molecule has 9 nitrogen and oxygen atoms in total. The number of alkyl carbamates (subject to hydrolysis) is 1. The molecule has 0 aliphatic carbocycles. The summed E-state index contributed by atoms with van der Waals surface area (Å²) in [6.07, 6.45) is 2.35. The first kappa shape index (κ1) is 24.0. The van der Waals surface area contributed by atoms with Crippen molar-refractivity contribution < 1.29 is 27.5 Å². The molecule has 2 aromatic heterocycles. The number of carbonyl (C=O) groups is 2. The minimum Gasteiger partial charge on any atom is -0.447 e. The number of rotatable bonds is 7. The number of nitrogens with one attached hydrogen (secondary N) is 2. The van der Waals surface area contributed by atoms with Gasteiger partial charge in [-0.2, -0.15) is 13.9 Å². The van der Waals surface area contributed by atoms with Crippen LogP contribution in [-0.4, -0.2) is 45.1 Å². The molecule has 1 fully saturated rings. The molecule has 14 heteroatoms. The van der Waals surface area contributed by atoms with Gasteiger partial charge in [0, 0.05) is 46.1 Å². The average molecular weight is 537 g/mol. The zero-order valence-corrected chi connectivity index (χ0v) is 19.7. The largest absolute Gasteiger partial charge is 0.447 e. The van der Waals surface area contributed by atoms with Crippen molar-refractivity contribution in [3.8, 4) is 0 Å². The summed E-state index contributed by atoms with van der Waals surface area (Å²) in [6, 6.07) is 4.19. The van der Waals surface area contributed by atoms with Crippen molar-refractivity contribution in [2.45, 2.75) is 24.6 Å². The van der Waals surface area contributed by atoms with Crippen LogP contribution in [0.1, 0.15) is 35.3 Å². The fourth-order valence-electron chi connectivity index (χ4n) is 4.01. The Morgan fingerprint density at radius 2 is 2.19 bits per heavy atom. The van der Waals surface area contributed by atoms with Crippen LogP contribution in [0, 0.1) is 5.82 Å². The summed E-state index contributed by atoms with van der Waals surface area (Å²) in [4.78, 5) is 32.9. The third-order valence-electron chi connectivity index (χ3n) is 5.63. The fraction of sp³-hybridized carbons (Fsp3) is 0.227. The van der Waals surface area contributed by atoms with E-state index in [9.17, 15) is 22.8 Å². The summed E-state index contributed by atoms with van der Waals surface area (Å²) in [5.41, 5.74) is -0.280.